The fourth-order valence-electron chi connectivity index (χ4n) is 3.14. The number of hydrogen-bond acceptors (Lipinski definition) is 7. The van der Waals surface area contributed by atoms with Crippen LogP contribution < -0.4 is 4.90 Å². The van der Waals surface area contributed by atoms with E-state index in [2.05, 4.69) is 4.74 Å². The van der Waals surface area contributed by atoms with Gasteiger partial charge in [0.25, 0.3) is 5.91 Å². The second kappa shape index (κ2) is 10.7. The van der Waals surface area contributed by atoms with E-state index in [4.69, 9.17) is 16.3 Å². The Labute approximate surface area is 182 Å². The van der Waals surface area contributed by atoms with Gasteiger partial charge in [0, 0.05) is 22.4 Å². The maximum absolute atomic E-state index is 14.8. The zero-order chi connectivity index (χ0) is 22.4. The molecule has 1 heterocycles. The van der Waals surface area contributed by atoms with Crippen LogP contribution >= 0.6 is 22.9 Å². The number of thiophene rings is 1. The number of amides is 2. The first kappa shape index (κ1) is 24.0. The summed E-state index contributed by atoms with van der Waals surface area (Å²) in [6.07, 6.45) is 1.55. The first-order valence-electron chi connectivity index (χ1n) is 9.56. The number of esters is 2. The Kier molecular flexibility index (Phi) is 8.54. The summed E-state index contributed by atoms with van der Waals surface area (Å²) in [5.74, 6) is -2.73. The fourth-order valence-corrected chi connectivity index (χ4v) is 4.43. The molecule has 10 heteroatoms. The van der Waals surface area contributed by atoms with Crippen molar-refractivity contribution in [3.05, 3.63) is 26.2 Å². The fraction of sp³-hybridized carbons (Fsp3) is 0.500. The lowest BCUT2D eigenvalue weighted by Crippen LogP contribution is -2.39. The molecule has 0 saturated heterocycles. The monoisotopic (exact) mass is 459 g/mol. The number of methoxy groups -OCH3 is 1. The van der Waals surface area contributed by atoms with Crippen molar-refractivity contribution >= 4 is 52.4 Å². The van der Waals surface area contributed by atoms with Gasteiger partial charge in [-0.3, -0.25) is 14.4 Å². The number of anilines is 1. The quantitative estimate of drug-likeness (QED) is 0.573. The lowest BCUT2D eigenvalue weighted by molar-refractivity contribution is -0.140. The van der Waals surface area contributed by atoms with Gasteiger partial charge in [-0.25, -0.2) is 9.69 Å². The molecule has 0 unspecified atom stereocenters. The molecule has 0 bridgehead atoms. The topological polar surface area (TPSA) is 90.0 Å². The lowest BCUT2D eigenvalue weighted by atomic mass is 9.90. The van der Waals surface area contributed by atoms with Crippen molar-refractivity contribution in [1.82, 2.24) is 0 Å². The molecule has 0 atom stereocenters. The van der Waals surface area contributed by atoms with Crippen molar-refractivity contribution in [2.24, 2.45) is 0 Å². The summed E-state index contributed by atoms with van der Waals surface area (Å²) >= 11 is 6.83. The molecule has 0 radical (unpaired) electrons. The predicted octanol–water partition coefficient (Wildman–Crippen LogP) is 3.96. The standard InChI is InChI=1S/C20H23ClFNO6S/c1-4-14(24)23(17-16(21)13(30-18(17)22)10-15(25)28-3)19(26)11-8-6-7-9-12(11)20(27)29-5-2/h4-10H2,1-3H3. The molecule has 1 aliphatic carbocycles. The van der Waals surface area contributed by atoms with Gasteiger partial charge in [0.2, 0.25) is 11.0 Å². The molecule has 0 N–H and O–H groups in total. The number of nitrogens with zero attached hydrogens (tertiary/aromatic N) is 1. The van der Waals surface area contributed by atoms with E-state index in [1.807, 2.05) is 0 Å². The highest BCUT2D eigenvalue weighted by molar-refractivity contribution is 7.11. The number of hydrogen-bond donors (Lipinski definition) is 0. The maximum atomic E-state index is 14.8. The van der Waals surface area contributed by atoms with E-state index in [1.165, 1.54) is 14.0 Å². The molecule has 0 aromatic carbocycles. The molecule has 30 heavy (non-hydrogen) atoms. The third-order valence-electron chi connectivity index (χ3n) is 4.61. The second-order valence-corrected chi connectivity index (χ2v) is 7.92. The van der Waals surface area contributed by atoms with Gasteiger partial charge in [-0.2, -0.15) is 4.39 Å². The predicted molar refractivity (Wildman–Crippen MR) is 110 cm³/mol. The van der Waals surface area contributed by atoms with Gasteiger partial charge in [-0.15, -0.1) is 11.3 Å². The normalized spacial score (nSPS) is 13.8. The molecule has 1 aromatic rings. The molecule has 7 nitrogen and oxygen atoms in total. The van der Waals surface area contributed by atoms with Crippen LogP contribution in [0.15, 0.2) is 11.1 Å². The van der Waals surface area contributed by atoms with E-state index in [1.54, 1.807) is 6.92 Å². The molecule has 0 spiro atoms. The second-order valence-electron chi connectivity index (χ2n) is 6.49. The Bertz CT molecular complexity index is 894. The van der Waals surface area contributed by atoms with E-state index in [0.29, 0.717) is 35.5 Å². The lowest BCUT2D eigenvalue weighted by Gasteiger charge is -2.25. The molecule has 2 amide bonds. The number of ether oxygens (including phenoxy) is 2. The number of rotatable bonds is 7. The van der Waals surface area contributed by atoms with Crippen molar-refractivity contribution in [2.75, 3.05) is 18.6 Å². The minimum Gasteiger partial charge on any atom is -0.469 e. The Morgan fingerprint density at radius 1 is 1.13 bits per heavy atom. The summed E-state index contributed by atoms with van der Waals surface area (Å²) in [6, 6.07) is 0. The van der Waals surface area contributed by atoms with E-state index < -0.39 is 34.6 Å². The summed E-state index contributed by atoms with van der Waals surface area (Å²) in [5, 5.41) is -1.07. The minimum absolute atomic E-state index is 0.0916. The number of carbonyl (C=O) groups is 4. The molecule has 164 valence electrons. The number of carbonyl (C=O) groups excluding carboxylic acids is 4. The third kappa shape index (κ3) is 5.07. The van der Waals surface area contributed by atoms with E-state index >= 15 is 0 Å². The molecule has 0 aliphatic heterocycles. The van der Waals surface area contributed by atoms with Crippen LogP contribution in [0.2, 0.25) is 5.02 Å². The SMILES string of the molecule is CCOC(=O)C1=C(C(=O)N(C(=O)CC)c2c(F)sc(CC(=O)OC)c2Cl)CCCC1. The largest absolute Gasteiger partial charge is 0.469 e. The van der Waals surface area contributed by atoms with Crippen LogP contribution in [-0.4, -0.2) is 37.5 Å². The molecule has 1 aliphatic rings. The molecule has 0 saturated carbocycles. The van der Waals surface area contributed by atoms with Crippen LogP contribution in [0.3, 0.4) is 0 Å². The maximum Gasteiger partial charge on any atom is 0.334 e. The Balaban J connectivity index is 2.56. The molecule has 0 fully saturated rings. The Morgan fingerprint density at radius 2 is 1.77 bits per heavy atom. The minimum atomic E-state index is -0.872. The van der Waals surface area contributed by atoms with Crippen molar-refractivity contribution in [3.8, 4) is 0 Å². The summed E-state index contributed by atoms with van der Waals surface area (Å²) in [7, 11) is 1.18. The van der Waals surface area contributed by atoms with Gasteiger partial charge in [0.1, 0.15) is 5.69 Å². The zero-order valence-corrected chi connectivity index (χ0v) is 18.6. The van der Waals surface area contributed by atoms with E-state index in [-0.39, 0.29) is 46.9 Å². The summed E-state index contributed by atoms with van der Waals surface area (Å²) in [4.78, 5) is 50.7. The van der Waals surface area contributed by atoms with Crippen LogP contribution in [0.4, 0.5) is 10.1 Å². The summed E-state index contributed by atoms with van der Waals surface area (Å²) in [6.45, 7) is 3.32. The highest BCUT2D eigenvalue weighted by Gasteiger charge is 2.35. The summed E-state index contributed by atoms with van der Waals surface area (Å²) < 4.78 is 24.4. The number of halogens is 2. The van der Waals surface area contributed by atoms with Crippen LogP contribution in [0, 0.1) is 5.13 Å². The molecular formula is C20H23ClFNO6S. The summed E-state index contributed by atoms with van der Waals surface area (Å²) in [5.41, 5.74) is -0.0834. The van der Waals surface area contributed by atoms with Gasteiger partial charge in [-0.1, -0.05) is 18.5 Å². The highest BCUT2D eigenvalue weighted by atomic mass is 35.5. The Morgan fingerprint density at radius 3 is 2.33 bits per heavy atom. The van der Waals surface area contributed by atoms with Gasteiger partial charge < -0.3 is 9.47 Å². The first-order valence-corrected chi connectivity index (χ1v) is 10.8. The zero-order valence-electron chi connectivity index (χ0n) is 17.0. The van der Waals surface area contributed by atoms with E-state index in [0.717, 1.165) is 0 Å². The average Bonchev–Trinajstić information content (AvgIpc) is 3.01. The first-order chi connectivity index (χ1) is 14.3. The highest BCUT2D eigenvalue weighted by Crippen LogP contribution is 2.41. The van der Waals surface area contributed by atoms with Crippen LogP contribution in [0.5, 0.6) is 0 Å². The van der Waals surface area contributed by atoms with Gasteiger partial charge >= 0.3 is 11.9 Å². The number of imide groups is 1. The van der Waals surface area contributed by atoms with E-state index in [9.17, 15) is 23.6 Å². The third-order valence-corrected chi connectivity index (χ3v) is 6.10. The molecule has 1 aromatic heterocycles. The van der Waals surface area contributed by atoms with Crippen molar-refractivity contribution < 1.29 is 33.0 Å². The van der Waals surface area contributed by atoms with Gasteiger partial charge in [-0.05, 0) is 32.6 Å². The van der Waals surface area contributed by atoms with Gasteiger partial charge in [0.05, 0.1) is 25.2 Å². The van der Waals surface area contributed by atoms with Gasteiger partial charge in [0.15, 0.2) is 0 Å². The molecule has 2 rings (SSSR count). The smallest absolute Gasteiger partial charge is 0.334 e. The van der Waals surface area contributed by atoms with Crippen LogP contribution in [0.1, 0.15) is 50.8 Å². The van der Waals surface area contributed by atoms with Crippen molar-refractivity contribution in [3.63, 3.8) is 0 Å². The Hall–Kier alpha value is -2.26. The molecular weight excluding hydrogens is 437 g/mol. The van der Waals surface area contributed by atoms with Crippen molar-refractivity contribution in [1.29, 1.82) is 0 Å². The van der Waals surface area contributed by atoms with Crippen molar-refractivity contribution in [2.45, 2.75) is 52.4 Å². The average molecular weight is 460 g/mol. The van der Waals surface area contributed by atoms with Crippen LogP contribution in [-0.2, 0) is 35.1 Å². The van der Waals surface area contributed by atoms with Crippen LogP contribution in [0.25, 0.3) is 0 Å².